The van der Waals surface area contributed by atoms with Crippen molar-refractivity contribution in [2.24, 2.45) is 5.92 Å². The summed E-state index contributed by atoms with van der Waals surface area (Å²) in [5.41, 5.74) is 0. The van der Waals surface area contributed by atoms with Gasteiger partial charge in [-0.05, 0) is 43.2 Å². The Bertz CT molecular complexity index is 356. The Morgan fingerprint density at radius 3 is 2.94 bits per heavy atom. The standard InChI is InChI=1S/C12H19N3OS/c1-4-13-8-10(1)12-14-11(15-16-12)7-9-2-5-17-6-3-9/h9-10,13H,1-8H2. The molecule has 0 aliphatic carbocycles. The normalized spacial score (nSPS) is 26.5. The van der Waals surface area contributed by atoms with E-state index in [4.69, 9.17) is 4.52 Å². The van der Waals surface area contributed by atoms with Gasteiger partial charge in [0.25, 0.3) is 0 Å². The van der Waals surface area contributed by atoms with Crippen molar-refractivity contribution in [3.05, 3.63) is 11.7 Å². The summed E-state index contributed by atoms with van der Waals surface area (Å²) in [6.07, 6.45) is 4.74. The predicted octanol–water partition coefficient (Wildman–Crippen LogP) is 1.83. The Labute approximate surface area is 106 Å². The van der Waals surface area contributed by atoms with Gasteiger partial charge < -0.3 is 9.84 Å². The molecule has 94 valence electrons. The highest BCUT2D eigenvalue weighted by atomic mass is 32.2. The van der Waals surface area contributed by atoms with Crippen LogP contribution in [0.2, 0.25) is 0 Å². The molecular formula is C12H19N3OS. The topological polar surface area (TPSA) is 51.0 Å². The van der Waals surface area contributed by atoms with Crippen molar-refractivity contribution in [3.8, 4) is 0 Å². The fourth-order valence-corrected chi connectivity index (χ4v) is 3.79. The molecule has 2 aliphatic heterocycles. The Balaban J connectivity index is 1.59. The maximum atomic E-state index is 5.38. The van der Waals surface area contributed by atoms with E-state index in [9.17, 15) is 0 Å². The highest BCUT2D eigenvalue weighted by Crippen LogP contribution is 2.26. The van der Waals surface area contributed by atoms with Gasteiger partial charge in [-0.1, -0.05) is 5.16 Å². The zero-order valence-corrected chi connectivity index (χ0v) is 10.8. The van der Waals surface area contributed by atoms with Crippen molar-refractivity contribution < 1.29 is 4.52 Å². The summed E-state index contributed by atoms with van der Waals surface area (Å²) >= 11 is 2.06. The van der Waals surface area contributed by atoms with Crippen molar-refractivity contribution >= 4 is 11.8 Å². The molecule has 4 nitrogen and oxygen atoms in total. The monoisotopic (exact) mass is 253 g/mol. The number of rotatable bonds is 3. The molecule has 0 saturated carbocycles. The maximum absolute atomic E-state index is 5.38. The summed E-state index contributed by atoms with van der Waals surface area (Å²) in [4.78, 5) is 4.56. The van der Waals surface area contributed by atoms with Crippen molar-refractivity contribution in [2.45, 2.75) is 31.6 Å². The van der Waals surface area contributed by atoms with E-state index in [2.05, 4.69) is 27.2 Å². The van der Waals surface area contributed by atoms with Gasteiger partial charge in [-0.15, -0.1) is 0 Å². The summed E-state index contributed by atoms with van der Waals surface area (Å²) < 4.78 is 5.38. The van der Waals surface area contributed by atoms with Gasteiger partial charge in [0.05, 0.1) is 5.92 Å². The molecule has 1 N–H and O–H groups in total. The van der Waals surface area contributed by atoms with E-state index < -0.39 is 0 Å². The van der Waals surface area contributed by atoms with Crippen LogP contribution in [0.5, 0.6) is 0 Å². The molecular weight excluding hydrogens is 234 g/mol. The van der Waals surface area contributed by atoms with Crippen molar-refractivity contribution in [1.82, 2.24) is 15.5 Å². The molecule has 3 rings (SSSR count). The maximum Gasteiger partial charge on any atom is 0.231 e. The van der Waals surface area contributed by atoms with Crippen LogP contribution in [0.3, 0.4) is 0 Å². The summed E-state index contributed by atoms with van der Waals surface area (Å²) in [5, 5.41) is 7.47. The lowest BCUT2D eigenvalue weighted by Crippen LogP contribution is -2.13. The van der Waals surface area contributed by atoms with Crippen LogP contribution in [0.25, 0.3) is 0 Å². The van der Waals surface area contributed by atoms with E-state index >= 15 is 0 Å². The van der Waals surface area contributed by atoms with Crippen molar-refractivity contribution in [3.63, 3.8) is 0 Å². The van der Waals surface area contributed by atoms with Crippen LogP contribution in [0.1, 0.15) is 36.9 Å². The second-order valence-electron chi connectivity index (χ2n) is 5.00. The van der Waals surface area contributed by atoms with Crippen LogP contribution < -0.4 is 5.32 Å². The Hall–Kier alpha value is -0.550. The molecule has 0 amide bonds. The predicted molar refractivity (Wildman–Crippen MR) is 68.3 cm³/mol. The largest absolute Gasteiger partial charge is 0.339 e. The van der Waals surface area contributed by atoms with E-state index in [0.717, 1.165) is 43.6 Å². The molecule has 1 unspecified atom stereocenters. The SMILES string of the molecule is C1CC(c2nc(CC3CCSCC3)no2)CN1. The molecule has 0 spiro atoms. The van der Waals surface area contributed by atoms with Crippen LogP contribution in [0.15, 0.2) is 4.52 Å². The third kappa shape index (κ3) is 2.83. The van der Waals surface area contributed by atoms with E-state index in [1.165, 1.54) is 24.3 Å². The van der Waals surface area contributed by atoms with Gasteiger partial charge in [-0.25, -0.2) is 0 Å². The van der Waals surface area contributed by atoms with Gasteiger partial charge in [-0.2, -0.15) is 16.7 Å². The van der Waals surface area contributed by atoms with Gasteiger partial charge in [0.15, 0.2) is 5.82 Å². The first-order chi connectivity index (χ1) is 8.42. The molecule has 3 heterocycles. The third-order valence-corrected chi connectivity index (χ3v) is 4.75. The second-order valence-corrected chi connectivity index (χ2v) is 6.22. The lowest BCUT2D eigenvalue weighted by Gasteiger charge is -2.19. The number of nitrogens with zero attached hydrogens (tertiary/aromatic N) is 2. The summed E-state index contributed by atoms with van der Waals surface area (Å²) in [7, 11) is 0. The van der Waals surface area contributed by atoms with Crippen LogP contribution in [0, 0.1) is 5.92 Å². The van der Waals surface area contributed by atoms with E-state index in [-0.39, 0.29) is 0 Å². The molecule has 0 aromatic carbocycles. The Morgan fingerprint density at radius 1 is 1.29 bits per heavy atom. The average molecular weight is 253 g/mol. The van der Waals surface area contributed by atoms with Crippen molar-refractivity contribution in [1.29, 1.82) is 0 Å². The molecule has 1 aromatic rings. The molecule has 5 heteroatoms. The molecule has 1 atom stereocenters. The molecule has 1 aromatic heterocycles. The molecule has 0 bridgehead atoms. The van der Waals surface area contributed by atoms with Crippen molar-refractivity contribution in [2.75, 3.05) is 24.6 Å². The first-order valence-electron chi connectivity index (χ1n) is 6.53. The third-order valence-electron chi connectivity index (χ3n) is 3.71. The quantitative estimate of drug-likeness (QED) is 0.890. The lowest BCUT2D eigenvalue weighted by molar-refractivity contribution is 0.350. The van der Waals surface area contributed by atoms with Gasteiger partial charge in [0, 0.05) is 13.0 Å². The first-order valence-corrected chi connectivity index (χ1v) is 7.68. The van der Waals surface area contributed by atoms with Gasteiger partial charge >= 0.3 is 0 Å². The zero-order chi connectivity index (χ0) is 11.5. The number of hydrogen-bond acceptors (Lipinski definition) is 5. The minimum absolute atomic E-state index is 0.443. The minimum Gasteiger partial charge on any atom is -0.339 e. The summed E-state index contributed by atoms with van der Waals surface area (Å²) in [6.45, 7) is 2.06. The first kappa shape index (κ1) is 11.5. The van der Waals surface area contributed by atoms with Crippen LogP contribution in [0.4, 0.5) is 0 Å². The zero-order valence-electron chi connectivity index (χ0n) is 10.0. The molecule has 17 heavy (non-hydrogen) atoms. The highest BCUT2D eigenvalue weighted by molar-refractivity contribution is 7.99. The molecule has 2 aliphatic rings. The smallest absolute Gasteiger partial charge is 0.231 e. The lowest BCUT2D eigenvalue weighted by atomic mass is 9.99. The number of thioether (sulfide) groups is 1. The van der Waals surface area contributed by atoms with Crippen LogP contribution >= 0.6 is 11.8 Å². The van der Waals surface area contributed by atoms with Gasteiger partial charge in [0.1, 0.15) is 0 Å². The average Bonchev–Trinajstić information content (AvgIpc) is 3.00. The van der Waals surface area contributed by atoms with E-state index in [0.29, 0.717) is 5.92 Å². The minimum atomic E-state index is 0.443. The Kier molecular flexibility index (Phi) is 3.66. The van der Waals surface area contributed by atoms with E-state index in [1.807, 2.05) is 0 Å². The second kappa shape index (κ2) is 5.40. The van der Waals surface area contributed by atoms with Crippen LogP contribution in [-0.4, -0.2) is 34.7 Å². The Morgan fingerprint density at radius 2 is 2.18 bits per heavy atom. The van der Waals surface area contributed by atoms with E-state index in [1.54, 1.807) is 0 Å². The molecule has 2 saturated heterocycles. The summed E-state index contributed by atoms with van der Waals surface area (Å²) in [5.74, 6) is 5.56. The molecule has 2 fully saturated rings. The fourth-order valence-electron chi connectivity index (χ4n) is 2.59. The number of hydrogen-bond donors (Lipinski definition) is 1. The van der Waals surface area contributed by atoms with Crippen LogP contribution in [-0.2, 0) is 6.42 Å². The highest BCUT2D eigenvalue weighted by Gasteiger charge is 2.24. The number of nitrogens with one attached hydrogen (secondary N) is 1. The van der Waals surface area contributed by atoms with Gasteiger partial charge in [0.2, 0.25) is 5.89 Å². The summed E-state index contributed by atoms with van der Waals surface area (Å²) in [6, 6.07) is 0. The number of aromatic nitrogens is 2. The molecule has 0 radical (unpaired) electrons. The fraction of sp³-hybridized carbons (Fsp3) is 0.833. The van der Waals surface area contributed by atoms with Gasteiger partial charge in [-0.3, -0.25) is 0 Å².